The van der Waals surface area contributed by atoms with Crippen LogP contribution in [0.25, 0.3) is 0 Å². The second-order valence-electron chi connectivity index (χ2n) is 5.01. The second-order valence-corrected chi connectivity index (χ2v) is 5.01. The molecule has 0 bridgehead atoms. The van der Waals surface area contributed by atoms with Crippen molar-refractivity contribution in [1.29, 1.82) is 0 Å². The van der Waals surface area contributed by atoms with E-state index in [2.05, 4.69) is 23.2 Å². The van der Waals surface area contributed by atoms with Crippen molar-refractivity contribution in [3.05, 3.63) is 29.8 Å². The summed E-state index contributed by atoms with van der Waals surface area (Å²) < 4.78 is 5.55. The minimum atomic E-state index is -0.248. The van der Waals surface area contributed by atoms with Crippen molar-refractivity contribution in [3.8, 4) is 5.75 Å². The molecule has 6 heteroatoms. The van der Waals surface area contributed by atoms with E-state index in [-0.39, 0.29) is 23.9 Å². The van der Waals surface area contributed by atoms with E-state index in [4.69, 9.17) is 10.6 Å². The van der Waals surface area contributed by atoms with E-state index in [1.54, 1.807) is 0 Å². The lowest BCUT2D eigenvalue weighted by atomic mass is 9.89. The summed E-state index contributed by atoms with van der Waals surface area (Å²) in [5.41, 5.74) is 9.49. The van der Waals surface area contributed by atoms with Crippen molar-refractivity contribution < 1.29 is 9.53 Å². The molecule has 5 N–H and O–H groups in total. The predicted molar refractivity (Wildman–Crippen MR) is 76.5 cm³/mol. The van der Waals surface area contributed by atoms with Gasteiger partial charge in [0.2, 0.25) is 5.91 Å². The maximum atomic E-state index is 11.9. The number of hydrazine groups is 2. The molecular weight excluding hydrogens is 256 g/mol. The van der Waals surface area contributed by atoms with Gasteiger partial charge in [-0.05, 0) is 31.0 Å². The molecule has 0 spiro atoms. The number of amides is 1. The molecule has 20 heavy (non-hydrogen) atoms. The maximum Gasteiger partial charge on any atom is 0.240 e. The van der Waals surface area contributed by atoms with Crippen molar-refractivity contribution in [2.75, 3.05) is 6.61 Å². The Labute approximate surface area is 119 Å². The summed E-state index contributed by atoms with van der Waals surface area (Å²) in [5, 5.41) is 0. The number of nitrogens with two attached hydrogens (primary N) is 1. The summed E-state index contributed by atoms with van der Waals surface area (Å²) in [7, 11) is 0. The maximum absolute atomic E-state index is 11.9. The zero-order valence-corrected chi connectivity index (χ0v) is 11.8. The van der Waals surface area contributed by atoms with E-state index in [9.17, 15) is 4.79 Å². The summed E-state index contributed by atoms with van der Waals surface area (Å²) >= 11 is 0. The molecule has 1 fully saturated rings. The van der Waals surface area contributed by atoms with Crippen LogP contribution in [0.3, 0.4) is 0 Å². The molecule has 1 amide bonds. The predicted octanol–water partition coefficient (Wildman–Crippen LogP) is 0.619. The van der Waals surface area contributed by atoms with E-state index < -0.39 is 0 Å². The van der Waals surface area contributed by atoms with Crippen LogP contribution in [0.2, 0.25) is 0 Å². The van der Waals surface area contributed by atoms with Gasteiger partial charge >= 0.3 is 0 Å². The van der Waals surface area contributed by atoms with Gasteiger partial charge in [0.05, 0.1) is 18.6 Å². The Bertz CT molecular complexity index is 449. The fourth-order valence-electron chi connectivity index (χ4n) is 2.45. The Morgan fingerprint density at radius 2 is 2.05 bits per heavy atom. The highest BCUT2D eigenvalue weighted by atomic mass is 16.5. The quantitative estimate of drug-likeness (QED) is 0.360. The first-order valence-corrected chi connectivity index (χ1v) is 6.91. The Hall–Kier alpha value is -1.63. The van der Waals surface area contributed by atoms with Gasteiger partial charge in [-0.2, -0.15) is 0 Å². The largest absolute Gasteiger partial charge is 0.494 e. The molecular formula is C14H22N4O2. The van der Waals surface area contributed by atoms with Gasteiger partial charge in [0.1, 0.15) is 5.75 Å². The standard InChI is InChI=1S/C14H22N4O2/c1-3-8-20-11-6-4-10(5-7-11)13-12(14(19)16-15)9(2)17-18-13/h4-7,9,12-13,17-18H,3,8,15H2,1-2H3,(H,16,19). The topological polar surface area (TPSA) is 88.4 Å². The summed E-state index contributed by atoms with van der Waals surface area (Å²) in [6.07, 6.45) is 0.978. The highest BCUT2D eigenvalue weighted by Gasteiger charge is 2.38. The van der Waals surface area contributed by atoms with E-state index in [1.807, 2.05) is 31.2 Å². The molecule has 110 valence electrons. The number of hydrogen-bond donors (Lipinski definition) is 4. The van der Waals surface area contributed by atoms with Gasteiger partial charge in [-0.3, -0.25) is 15.6 Å². The Balaban J connectivity index is 2.11. The third-order valence-electron chi connectivity index (χ3n) is 3.52. The first-order valence-electron chi connectivity index (χ1n) is 6.91. The summed E-state index contributed by atoms with van der Waals surface area (Å²) in [4.78, 5) is 11.9. The summed E-state index contributed by atoms with van der Waals surface area (Å²) in [6, 6.07) is 7.70. The fraction of sp³-hybridized carbons (Fsp3) is 0.500. The smallest absolute Gasteiger partial charge is 0.240 e. The molecule has 1 heterocycles. The van der Waals surface area contributed by atoms with Crippen molar-refractivity contribution in [1.82, 2.24) is 16.3 Å². The summed E-state index contributed by atoms with van der Waals surface area (Å²) in [5.74, 6) is 5.68. The van der Waals surface area contributed by atoms with Crippen LogP contribution in [0.15, 0.2) is 24.3 Å². The van der Waals surface area contributed by atoms with Gasteiger partial charge in [-0.15, -0.1) is 0 Å². The molecule has 1 aromatic rings. The minimum Gasteiger partial charge on any atom is -0.494 e. The SMILES string of the molecule is CCCOc1ccc(C2NNC(C)C2C(=O)NN)cc1. The van der Waals surface area contributed by atoms with Crippen LogP contribution in [-0.4, -0.2) is 18.6 Å². The lowest BCUT2D eigenvalue weighted by molar-refractivity contribution is -0.125. The van der Waals surface area contributed by atoms with Crippen LogP contribution >= 0.6 is 0 Å². The second kappa shape index (κ2) is 6.69. The van der Waals surface area contributed by atoms with Gasteiger partial charge in [0.15, 0.2) is 0 Å². The number of nitrogens with one attached hydrogen (secondary N) is 3. The number of benzene rings is 1. The summed E-state index contributed by atoms with van der Waals surface area (Å²) in [6.45, 7) is 4.73. The van der Waals surface area contributed by atoms with E-state index in [0.29, 0.717) is 6.61 Å². The molecule has 1 aliphatic heterocycles. The third-order valence-corrected chi connectivity index (χ3v) is 3.52. The van der Waals surface area contributed by atoms with E-state index in [0.717, 1.165) is 17.7 Å². The van der Waals surface area contributed by atoms with Crippen LogP contribution in [0.5, 0.6) is 5.75 Å². The lowest BCUT2D eigenvalue weighted by Gasteiger charge is -2.19. The van der Waals surface area contributed by atoms with Crippen LogP contribution in [0.4, 0.5) is 0 Å². The number of ether oxygens (including phenoxy) is 1. The highest BCUT2D eigenvalue weighted by molar-refractivity contribution is 5.80. The van der Waals surface area contributed by atoms with Gasteiger partial charge in [-0.25, -0.2) is 11.3 Å². The average Bonchev–Trinajstić information content (AvgIpc) is 2.86. The number of rotatable bonds is 5. The zero-order valence-electron chi connectivity index (χ0n) is 11.8. The van der Waals surface area contributed by atoms with Crippen LogP contribution in [0, 0.1) is 5.92 Å². The van der Waals surface area contributed by atoms with E-state index in [1.165, 1.54) is 0 Å². The molecule has 0 radical (unpaired) electrons. The zero-order chi connectivity index (χ0) is 14.5. The highest BCUT2D eigenvalue weighted by Crippen LogP contribution is 2.29. The molecule has 0 aromatic heterocycles. The van der Waals surface area contributed by atoms with Crippen LogP contribution < -0.4 is 26.9 Å². The molecule has 0 aliphatic carbocycles. The normalized spacial score (nSPS) is 25.4. The Morgan fingerprint density at radius 3 is 2.65 bits per heavy atom. The first kappa shape index (κ1) is 14.8. The Morgan fingerprint density at radius 1 is 1.35 bits per heavy atom. The lowest BCUT2D eigenvalue weighted by Crippen LogP contribution is -2.41. The van der Waals surface area contributed by atoms with Crippen molar-refractivity contribution in [3.63, 3.8) is 0 Å². The number of carbonyl (C=O) groups is 1. The minimum absolute atomic E-state index is 0.0135. The van der Waals surface area contributed by atoms with Gasteiger partial charge in [0.25, 0.3) is 0 Å². The van der Waals surface area contributed by atoms with E-state index >= 15 is 0 Å². The van der Waals surface area contributed by atoms with Crippen molar-refractivity contribution in [2.24, 2.45) is 11.8 Å². The van der Waals surface area contributed by atoms with Gasteiger partial charge in [0, 0.05) is 6.04 Å². The van der Waals surface area contributed by atoms with Crippen LogP contribution in [0.1, 0.15) is 31.9 Å². The Kier molecular flexibility index (Phi) is 4.94. The molecule has 1 aliphatic rings. The number of hydrogen-bond acceptors (Lipinski definition) is 5. The molecule has 0 saturated carbocycles. The number of carbonyl (C=O) groups excluding carboxylic acids is 1. The monoisotopic (exact) mass is 278 g/mol. The third kappa shape index (κ3) is 3.09. The average molecular weight is 278 g/mol. The van der Waals surface area contributed by atoms with Gasteiger partial charge in [-0.1, -0.05) is 19.1 Å². The molecule has 1 aromatic carbocycles. The molecule has 2 rings (SSSR count). The fourth-order valence-corrected chi connectivity index (χ4v) is 2.45. The van der Waals surface area contributed by atoms with Crippen molar-refractivity contribution in [2.45, 2.75) is 32.4 Å². The first-order chi connectivity index (χ1) is 9.67. The van der Waals surface area contributed by atoms with Crippen LogP contribution in [-0.2, 0) is 4.79 Å². The molecule has 1 saturated heterocycles. The van der Waals surface area contributed by atoms with Crippen molar-refractivity contribution >= 4 is 5.91 Å². The molecule has 6 nitrogen and oxygen atoms in total. The molecule has 3 atom stereocenters. The molecule has 3 unspecified atom stereocenters. The van der Waals surface area contributed by atoms with Gasteiger partial charge < -0.3 is 4.74 Å².